The van der Waals surface area contributed by atoms with Gasteiger partial charge in [0, 0.05) is 0 Å². The van der Waals surface area contributed by atoms with Crippen molar-refractivity contribution in [3.8, 4) is 5.75 Å². The average molecular weight is 268 g/mol. The predicted molar refractivity (Wildman–Crippen MR) is 68.0 cm³/mol. The van der Waals surface area contributed by atoms with Gasteiger partial charge in [-0.2, -0.15) is 0 Å². The molecule has 6 heteroatoms. The van der Waals surface area contributed by atoms with Crippen LogP contribution in [0.5, 0.6) is 5.75 Å². The number of ether oxygens (including phenoxy) is 1. The summed E-state index contributed by atoms with van der Waals surface area (Å²) in [6, 6.07) is 4.85. The zero-order valence-electron chi connectivity index (χ0n) is 9.87. The molecule has 0 bridgehead atoms. The van der Waals surface area contributed by atoms with E-state index in [-0.39, 0.29) is 16.7 Å². The molecule has 1 aromatic heterocycles. The fourth-order valence-electron chi connectivity index (χ4n) is 1.47. The van der Waals surface area contributed by atoms with E-state index >= 15 is 0 Å². The van der Waals surface area contributed by atoms with E-state index in [1.807, 2.05) is 6.92 Å². The first-order chi connectivity index (χ1) is 8.61. The van der Waals surface area contributed by atoms with E-state index in [4.69, 9.17) is 16.3 Å². The highest BCUT2D eigenvalue weighted by Crippen LogP contribution is 2.31. The van der Waals surface area contributed by atoms with E-state index < -0.39 is 0 Å². The monoisotopic (exact) mass is 267 g/mol. The summed E-state index contributed by atoms with van der Waals surface area (Å²) in [6.07, 6.45) is 1.28. The van der Waals surface area contributed by atoms with Crippen molar-refractivity contribution >= 4 is 23.1 Å². The van der Waals surface area contributed by atoms with Crippen LogP contribution in [0.2, 0.25) is 5.15 Å². The van der Waals surface area contributed by atoms with Gasteiger partial charge in [0.2, 0.25) is 0 Å². The van der Waals surface area contributed by atoms with Crippen LogP contribution in [-0.2, 0) is 0 Å². The first-order valence-electron chi connectivity index (χ1n) is 5.19. The number of nitrogens with zero attached hydrogens (tertiary/aromatic N) is 2. The second-order valence-electron chi connectivity index (χ2n) is 3.65. The minimum Gasteiger partial charge on any atom is -0.490 e. The number of nitrogens with one attached hydrogen (secondary N) is 1. The second-order valence-corrected chi connectivity index (χ2v) is 4.01. The van der Waals surface area contributed by atoms with Gasteiger partial charge in [0.15, 0.2) is 16.7 Å². The van der Waals surface area contributed by atoms with Crippen LogP contribution in [0.15, 0.2) is 24.5 Å². The van der Waals surface area contributed by atoms with E-state index in [2.05, 4.69) is 15.3 Å². The molecular formula is C12H11ClFN3O. The standard InChI is InChI=1S/C12H11ClFN3O/c1-7-3-4-9(8(14)5-7)17-12-10(18-2)11(13)15-6-16-12/h3-6H,1-2H3,(H,15,16,17). The third-order valence-electron chi connectivity index (χ3n) is 2.34. The quantitative estimate of drug-likeness (QED) is 0.867. The fraction of sp³-hybridized carbons (Fsp3) is 0.167. The molecule has 0 amide bonds. The lowest BCUT2D eigenvalue weighted by atomic mass is 10.2. The smallest absolute Gasteiger partial charge is 0.199 e. The summed E-state index contributed by atoms with van der Waals surface area (Å²) < 4.78 is 18.8. The van der Waals surface area contributed by atoms with E-state index in [1.165, 1.54) is 19.5 Å². The second kappa shape index (κ2) is 5.18. The van der Waals surface area contributed by atoms with E-state index in [9.17, 15) is 4.39 Å². The Labute approximate surface area is 109 Å². The Morgan fingerprint density at radius 1 is 1.33 bits per heavy atom. The molecule has 0 spiro atoms. The van der Waals surface area contributed by atoms with Gasteiger partial charge in [0.1, 0.15) is 12.1 Å². The van der Waals surface area contributed by atoms with Crippen LogP contribution in [0.1, 0.15) is 5.56 Å². The van der Waals surface area contributed by atoms with Gasteiger partial charge in [-0.1, -0.05) is 17.7 Å². The van der Waals surface area contributed by atoms with Crippen molar-refractivity contribution in [1.82, 2.24) is 9.97 Å². The lowest BCUT2D eigenvalue weighted by Gasteiger charge is -2.11. The molecule has 0 saturated heterocycles. The molecule has 0 aliphatic heterocycles. The first kappa shape index (κ1) is 12.6. The van der Waals surface area contributed by atoms with E-state index in [1.54, 1.807) is 12.1 Å². The van der Waals surface area contributed by atoms with Crippen molar-refractivity contribution in [3.05, 3.63) is 41.1 Å². The van der Waals surface area contributed by atoms with Crippen LogP contribution < -0.4 is 10.1 Å². The minimum absolute atomic E-state index is 0.169. The zero-order valence-corrected chi connectivity index (χ0v) is 10.6. The van der Waals surface area contributed by atoms with Gasteiger partial charge < -0.3 is 10.1 Å². The molecule has 4 nitrogen and oxygen atoms in total. The summed E-state index contributed by atoms with van der Waals surface area (Å²) in [5.74, 6) is 0.228. The van der Waals surface area contributed by atoms with E-state index in [0.29, 0.717) is 11.5 Å². The van der Waals surface area contributed by atoms with Crippen LogP contribution >= 0.6 is 11.6 Å². The van der Waals surface area contributed by atoms with Gasteiger partial charge in [0.05, 0.1) is 12.8 Å². The molecule has 0 aliphatic rings. The maximum atomic E-state index is 13.7. The Bertz CT molecular complexity index is 577. The maximum Gasteiger partial charge on any atom is 0.199 e. The predicted octanol–water partition coefficient (Wildman–Crippen LogP) is 3.33. The molecule has 2 aromatic rings. The summed E-state index contributed by atoms with van der Waals surface area (Å²) in [5, 5.41) is 2.99. The number of anilines is 2. The molecule has 0 fully saturated rings. The third-order valence-corrected chi connectivity index (χ3v) is 2.61. The molecule has 0 unspecified atom stereocenters. The van der Waals surface area contributed by atoms with Crippen molar-refractivity contribution in [1.29, 1.82) is 0 Å². The lowest BCUT2D eigenvalue weighted by Crippen LogP contribution is -2.01. The number of benzene rings is 1. The molecular weight excluding hydrogens is 257 g/mol. The Balaban J connectivity index is 2.37. The van der Waals surface area contributed by atoms with Crippen LogP contribution in [0.3, 0.4) is 0 Å². The minimum atomic E-state index is -0.369. The largest absolute Gasteiger partial charge is 0.490 e. The Kier molecular flexibility index (Phi) is 3.62. The van der Waals surface area contributed by atoms with E-state index in [0.717, 1.165) is 5.56 Å². The van der Waals surface area contributed by atoms with Gasteiger partial charge in [-0.25, -0.2) is 14.4 Å². The summed E-state index contributed by atoms with van der Waals surface area (Å²) in [5.41, 5.74) is 1.14. The van der Waals surface area contributed by atoms with Crippen LogP contribution in [0, 0.1) is 12.7 Å². The van der Waals surface area contributed by atoms with Gasteiger partial charge in [-0.3, -0.25) is 0 Å². The first-order valence-corrected chi connectivity index (χ1v) is 5.57. The Hall–Kier alpha value is -1.88. The number of rotatable bonds is 3. The van der Waals surface area contributed by atoms with Crippen LogP contribution in [-0.4, -0.2) is 17.1 Å². The number of methoxy groups -OCH3 is 1. The topological polar surface area (TPSA) is 47.0 Å². The van der Waals surface area contributed by atoms with Gasteiger partial charge in [-0.05, 0) is 24.6 Å². The SMILES string of the molecule is COc1c(Cl)ncnc1Nc1ccc(C)cc1F. The molecule has 2 rings (SSSR count). The molecule has 1 N–H and O–H groups in total. The lowest BCUT2D eigenvalue weighted by molar-refractivity contribution is 0.413. The highest BCUT2D eigenvalue weighted by molar-refractivity contribution is 6.31. The highest BCUT2D eigenvalue weighted by atomic mass is 35.5. The Morgan fingerprint density at radius 2 is 2.11 bits per heavy atom. The van der Waals surface area contributed by atoms with Crippen LogP contribution in [0.25, 0.3) is 0 Å². The van der Waals surface area contributed by atoms with Crippen molar-refractivity contribution < 1.29 is 9.13 Å². The molecule has 0 atom stereocenters. The average Bonchev–Trinajstić information content (AvgIpc) is 2.33. The number of aryl methyl sites for hydroxylation is 1. The maximum absolute atomic E-state index is 13.7. The van der Waals surface area contributed by atoms with Crippen molar-refractivity contribution in [2.24, 2.45) is 0 Å². The number of aromatic nitrogens is 2. The van der Waals surface area contributed by atoms with Gasteiger partial charge in [-0.15, -0.1) is 0 Å². The molecule has 1 aromatic carbocycles. The molecule has 0 saturated carbocycles. The molecule has 18 heavy (non-hydrogen) atoms. The number of hydrogen-bond acceptors (Lipinski definition) is 4. The highest BCUT2D eigenvalue weighted by Gasteiger charge is 2.12. The summed E-state index contributed by atoms with van der Waals surface area (Å²) in [7, 11) is 1.45. The zero-order chi connectivity index (χ0) is 13.1. The summed E-state index contributed by atoms with van der Waals surface area (Å²) in [6.45, 7) is 1.81. The van der Waals surface area contributed by atoms with Crippen molar-refractivity contribution in [3.63, 3.8) is 0 Å². The third kappa shape index (κ3) is 2.51. The number of hydrogen-bond donors (Lipinski definition) is 1. The molecule has 94 valence electrons. The Morgan fingerprint density at radius 3 is 2.78 bits per heavy atom. The molecule has 1 heterocycles. The van der Waals surface area contributed by atoms with Crippen molar-refractivity contribution in [2.45, 2.75) is 6.92 Å². The van der Waals surface area contributed by atoms with Crippen molar-refractivity contribution in [2.75, 3.05) is 12.4 Å². The van der Waals surface area contributed by atoms with Crippen LogP contribution in [0.4, 0.5) is 15.9 Å². The number of halogens is 2. The summed E-state index contributed by atoms with van der Waals surface area (Å²) >= 11 is 5.85. The molecule has 0 aliphatic carbocycles. The summed E-state index contributed by atoms with van der Waals surface area (Å²) in [4.78, 5) is 7.76. The van der Waals surface area contributed by atoms with Gasteiger partial charge >= 0.3 is 0 Å². The van der Waals surface area contributed by atoms with Gasteiger partial charge in [0.25, 0.3) is 0 Å². The normalized spacial score (nSPS) is 10.2. The fourth-order valence-corrected chi connectivity index (χ4v) is 1.68. The molecule has 0 radical (unpaired) electrons.